The predicted octanol–water partition coefficient (Wildman–Crippen LogP) is 18.8. The molecule has 0 rings (SSSR count). The molecule has 0 aromatic heterocycles. The Morgan fingerprint density at radius 3 is 0.910 bits per heavy atom. The lowest BCUT2D eigenvalue weighted by atomic mass is 10.1. The molecule has 0 saturated carbocycles. The van der Waals surface area contributed by atoms with E-state index in [1.807, 2.05) is 0 Å². The molecule has 1 atom stereocenters. The van der Waals surface area contributed by atoms with E-state index >= 15 is 0 Å². The third-order valence-electron chi connectivity index (χ3n) is 11.9. The maximum atomic E-state index is 12.8. The zero-order valence-corrected chi connectivity index (χ0v) is 43.9. The molecule has 0 aromatic carbocycles. The number of ether oxygens (including phenoxy) is 3. The van der Waals surface area contributed by atoms with Crippen LogP contribution in [0.3, 0.4) is 0 Å². The number of unbranched alkanes of at least 4 members (excludes halogenated alkanes) is 25. The smallest absolute Gasteiger partial charge is 0.306 e. The van der Waals surface area contributed by atoms with Crippen molar-refractivity contribution in [1.82, 2.24) is 0 Å². The van der Waals surface area contributed by atoms with Gasteiger partial charge in [-0.05, 0) is 96.3 Å². The van der Waals surface area contributed by atoms with E-state index < -0.39 is 6.10 Å². The standard InChI is InChI=1S/C61H104O6/c1-4-7-10-13-16-18-20-22-24-26-28-29-30-31-33-34-36-38-40-42-45-48-51-54-60(63)66-57-58(56-65-59(62)53-50-47-44-15-12-9-6-3)67-61(64)55-52-49-46-43-41-39-37-35-32-27-25-23-21-19-17-14-11-8-5-2/h8,11,17,19-20,22-23,25-26,28,30-32,35,58H,4-7,9-10,12-16,18,21,24,27,29,33-34,36-57H2,1-3H3/b11-8-,19-17-,22-20-,25-23-,28-26-,31-30-,35-32-. The Kier molecular flexibility index (Phi) is 52.4. The summed E-state index contributed by atoms with van der Waals surface area (Å²) >= 11 is 0. The lowest BCUT2D eigenvalue weighted by molar-refractivity contribution is -0.167. The molecular formula is C61H104O6. The summed E-state index contributed by atoms with van der Waals surface area (Å²) in [6.07, 6.45) is 71.6. The molecule has 0 aliphatic rings. The van der Waals surface area contributed by atoms with E-state index in [9.17, 15) is 14.4 Å². The second-order valence-electron chi connectivity index (χ2n) is 18.5. The molecule has 67 heavy (non-hydrogen) atoms. The molecule has 0 radical (unpaired) electrons. The number of hydrogen-bond donors (Lipinski definition) is 0. The normalized spacial score (nSPS) is 12.7. The summed E-state index contributed by atoms with van der Waals surface area (Å²) in [6, 6.07) is 0. The van der Waals surface area contributed by atoms with Gasteiger partial charge in [-0.2, -0.15) is 0 Å². The molecule has 384 valence electrons. The highest BCUT2D eigenvalue weighted by Gasteiger charge is 2.19. The van der Waals surface area contributed by atoms with Crippen LogP contribution in [0.2, 0.25) is 0 Å². The molecule has 0 aliphatic heterocycles. The van der Waals surface area contributed by atoms with Crippen molar-refractivity contribution in [2.75, 3.05) is 13.2 Å². The number of hydrogen-bond acceptors (Lipinski definition) is 6. The number of rotatable bonds is 50. The van der Waals surface area contributed by atoms with Crippen LogP contribution in [0.25, 0.3) is 0 Å². The molecule has 1 unspecified atom stereocenters. The summed E-state index contributed by atoms with van der Waals surface area (Å²) in [6.45, 7) is 6.46. The summed E-state index contributed by atoms with van der Waals surface area (Å²) in [7, 11) is 0. The van der Waals surface area contributed by atoms with E-state index in [0.717, 1.165) is 116 Å². The number of esters is 3. The van der Waals surface area contributed by atoms with Crippen molar-refractivity contribution in [2.24, 2.45) is 0 Å². The lowest BCUT2D eigenvalue weighted by Gasteiger charge is -2.18. The molecule has 0 aromatic rings. The summed E-state index contributed by atoms with van der Waals surface area (Å²) in [4.78, 5) is 37.9. The fourth-order valence-corrected chi connectivity index (χ4v) is 7.68. The van der Waals surface area contributed by atoms with Crippen LogP contribution in [0, 0.1) is 0 Å². The molecule has 0 amide bonds. The minimum absolute atomic E-state index is 0.0846. The minimum atomic E-state index is -0.785. The second kappa shape index (κ2) is 55.2. The first-order valence-electron chi connectivity index (χ1n) is 28.1. The van der Waals surface area contributed by atoms with Gasteiger partial charge in [0.25, 0.3) is 0 Å². The maximum Gasteiger partial charge on any atom is 0.306 e. The molecule has 0 aliphatic carbocycles. The van der Waals surface area contributed by atoms with Crippen molar-refractivity contribution in [3.8, 4) is 0 Å². The van der Waals surface area contributed by atoms with Crippen LogP contribution in [0.1, 0.15) is 265 Å². The van der Waals surface area contributed by atoms with Crippen LogP contribution in [0.4, 0.5) is 0 Å². The van der Waals surface area contributed by atoms with Gasteiger partial charge in [0.05, 0.1) is 0 Å². The van der Waals surface area contributed by atoms with Crippen molar-refractivity contribution in [2.45, 2.75) is 271 Å². The van der Waals surface area contributed by atoms with Gasteiger partial charge < -0.3 is 14.2 Å². The van der Waals surface area contributed by atoms with E-state index in [1.54, 1.807) is 0 Å². The number of carbonyl (C=O) groups excluding carboxylic acids is 3. The van der Waals surface area contributed by atoms with Gasteiger partial charge in [-0.15, -0.1) is 0 Å². The Hall–Kier alpha value is -3.41. The Morgan fingerprint density at radius 2 is 0.582 bits per heavy atom. The van der Waals surface area contributed by atoms with Crippen molar-refractivity contribution >= 4 is 17.9 Å². The lowest BCUT2D eigenvalue weighted by Crippen LogP contribution is -2.30. The molecule has 0 fully saturated rings. The van der Waals surface area contributed by atoms with E-state index in [1.165, 1.54) is 109 Å². The molecule has 0 bridgehead atoms. The molecule has 0 N–H and O–H groups in total. The predicted molar refractivity (Wildman–Crippen MR) is 288 cm³/mol. The van der Waals surface area contributed by atoms with Crippen molar-refractivity contribution in [1.29, 1.82) is 0 Å². The average Bonchev–Trinajstić information content (AvgIpc) is 3.33. The highest BCUT2D eigenvalue weighted by Crippen LogP contribution is 2.14. The van der Waals surface area contributed by atoms with Crippen LogP contribution in [-0.4, -0.2) is 37.2 Å². The largest absolute Gasteiger partial charge is 0.462 e. The first kappa shape index (κ1) is 63.6. The minimum Gasteiger partial charge on any atom is -0.462 e. The first-order chi connectivity index (χ1) is 33.0. The van der Waals surface area contributed by atoms with Crippen LogP contribution in [0.15, 0.2) is 85.1 Å². The zero-order chi connectivity index (χ0) is 48.6. The Labute approximate surface area is 414 Å². The Bertz CT molecular complexity index is 1300. The monoisotopic (exact) mass is 933 g/mol. The summed E-state index contributed by atoms with van der Waals surface area (Å²) < 4.78 is 16.8. The average molecular weight is 933 g/mol. The van der Waals surface area contributed by atoms with Gasteiger partial charge in [-0.25, -0.2) is 0 Å². The van der Waals surface area contributed by atoms with Crippen molar-refractivity contribution in [3.05, 3.63) is 85.1 Å². The fraction of sp³-hybridized carbons (Fsp3) is 0.721. The molecule has 0 spiro atoms. The third kappa shape index (κ3) is 53.4. The second-order valence-corrected chi connectivity index (χ2v) is 18.5. The highest BCUT2D eigenvalue weighted by atomic mass is 16.6. The van der Waals surface area contributed by atoms with Gasteiger partial charge in [0.1, 0.15) is 13.2 Å². The van der Waals surface area contributed by atoms with Gasteiger partial charge in [0, 0.05) is 19.3 Å². The van der Waals surface area contributed by atoms with Crippen LogP contribution in [-0.2, 0) is 28.6 Å². The molecule has 0 heterocycles. The SMILES string of the molecule is CC/C=C\C/C=C\C/C=C\C/C=C\CCCCCCCCC(=O)OC(COC(=O)CCCCCCCCC)COC(=O)CCCCCCCCCC/C=C\C/C=C\C/C=C\CCCCCCC. The molecule has 0 saturated heterocycles. The number of allylic oxidation sites excluding steroid dienone is 14. The van der Waals surface area contributed by atoms with Crippen molar-refractivity contribution < 1.29 is 28.6 Å². The topological polar surface area (TPSA) is 78.9 Å². The summed E-state index contributed by atoms with van der Waals surface area (Å²) in [5, 5.41) is 0. The van der Waals surface area contributed by atoms with Crippen LogP contribution in [0.5, 0.6) is 0 Å². The zero-order valence-electron chi connectivity index (χ0n) is 43.9. The van der Waals surface area contributed by atoms with Gasteiger partial charge in [0.15, 0.2) is 6.10 Å². The van der Waals surface area contributed by atoms with Gasteiger partial charge in [-0.3, -0.25) is 14.4 Å². The highest BCUT2D eigenvalue weighted by molar-refractivity contribution is 5.71. The van der Waals surface area contributed by atoms with Crippen molar-refractivity contribution in [3.63, 3.8) is 0 Å². The Balaban J connectivity index is 4.25. The Morgan fingerprint density at radius 1 is 0.313 bits per heavy atom. The molecule has 6 heteroatoms. The van der Waals surface area contributed by atoms with E-state index in [2.05, 4.69) is 106 Å². The van der Waals surface area contributed by atoms with E-state index in [4.69, 9.17) is 14.2 Å². The van der Waals surface area contributed by atoms with E-state index in [0.29, 0.717) is 19.3 Å². The summed E-state index contributed by atoms with van der Waals surface area (Å²) in [5.74, 6) is -0.910. The van der Waals surface area contributed by atoms with Gasteiger partial charge >= 0.3 is 17.9 Å². The quantitative estimate of drug-likeness (QED) is 0.0262. The molecule has 6 nitrogen and oxygen atoms in total. The molecular weight excluding hydrogens is 829 g/mol. The maximum absolute atomic E-state index is 12.8. The van der Waals surface area contributed by atoms with Gasteiger partial charge in [0.2, 0.25) is 0 Å². The fourth-order valence-electron chi connectivity index (χ4n) is 7.68. The van der Waals surface area contributed by atoms with E-state index in [-0.39, 0.29) is 31.1 Å². The number of carbonyl (C=O) groups is 3. The van der Waals surface area contributed by atoms with Gasteiger partial charge in [-0.1, -0.05) is 234 Å². The van der Waals surface area contributed by atoms with Crippen LogP contribution < -0.4 is 0 Å². The third-order valence-corrected chi connectivity index (χ3v) is 11.9. The summed E-state index contributed by atoms with van der Waals surface area (Å²) in [5.41, 5.74) is 0. The van der Waals surface area contributed by atoms with Crippen LogP contribution >= 0.6 is 0 Å². The first-order valence-corrected chi connectivity index (χ1v) is 28.1.